The fourth-order valence-electron chi connectivity index (χ4n) is 2.28. The van der Waals surface area contributed by atoms with Gasteiger partial charge in [-0.2, -0.15) is 0 Å². The first-order valence-electron chi connectivity index (χ1n) is 5.64. The number of hydrogen-bond donors (Lipinski definition) is 2. The highest BCUT2D eigenvalue weighted by Gasteiger charge is 2.24. The van der Waals surface area contributed by atoms with Gasteiger partial charge in [-0.1, -0.05) is 0 Å². The normalized spacial score (nSPS) is 26.1. The van der Waals surface area contributed by atoms with Gasteiger partial charge < -0.3 is 14.8 Å². The third kappa shape index (κ3) is 2.41. The van der Waals surface area contributed by atoms with Crippen LogP contribution in [0.1, 0.15) is 36.3 Å². The predicted octanol–water partition coefficient (Wildman–Crippen LogP) is 1.90. The van der Waals surface area contributed by atoms with E-state index in [0.717, 1.165) is 37.3 Å². The summed E-state index contributed by atoms with van der Waals surface area (Å²) in [5.74, 6) is 1.93. The van der Waals surface area contributed by atoms with E-state index in [4.69, 9.17) is 4.42 Å². The second-order valence-electron chi connectivity index (χ2n) is 4.42. The Balaban J connectivity index is 1.90. The summed E-state index contributed by atoms with van der Waals surface area (Å²) in [5, 5.41) is 13.0. The van der Waals surface area contributed by atoms with Crippen LogP contribution in [0.5, 0.6) is 0 Å². The summed E-state index contributed by atoms with van der Waals surface area (Å²) in [6.07, 6.45) is 2.97. The van der Waals surface area contributed by atoms with Crippen molar-refractivity contribution in [1.29, 1.82) is 0 Å². The Labute approximate surface area is 90.5 Å². The van der Waals surface area contributed by atoms with Crippen molar-refractivity contribution < 1.29 is 9.52 Å². The molecule has 1 saturated carbocycles. The fraction of sp³-hybridized carbons (Fsp3) is 0.667. The van der Waals surface area contributed by atoms with E-state index in [9.17, 15) is 5.11 Å². The van der Waals surface area contributed by atoms with Crippen LogP contribution in [0.25, 0.3) is 0 Å². The Bertz CT molecular complexity index is 332. The van der Waals surface area contributed by atoms with Gasteiger partial charge in [0.15, 0.2) is 0 Å². The number of aliphatic hydroxyl groups excluding tert-OH is 1. The lowest BCUT2D eigenvalue weighted by Crippen LogP contribution is -2.35. The van der Waals surface area contributed by atoms with E-state index >= 15 is 0 Å². The second kappa shape index (κ2) is 4.37. The van der Waals surface area contributed by atoms with Gasteiger partial charge in [-0.25, -0.2) is 0 Å². The van der Waals surface area contributed by atoms with Crippen LogP contribution in [-0.2, 0) is 6.54 Å². The lowest BCUT2D eigenvalue weighted by Gasteiger charge is -2.15. The monoisotopic (exact) mass is 209 g/mol. The highest BCUT2D eigenvalue weighted by Crippen LogP contribution is 2.20. The number of hydrogen-bond acceptors (Lipinski definition) is 3. The maximum absolute atomic E-state index is 9.66. The van der Waals surface area contributed by atoms with Crippen LogP contribution in [0.3, 0.4) is 0 Å². The zero-order valence-electron chi connectivity index (χ0n) is 9.42. The molecule has 2 rings (SSSR count). The Hall–Kier alpha value is -0.800. The lowest BCUT2D eigenvalue weighted by molar-refractivity contribution is 0.148. The van der Waals surface area contributed by atoms with Gasteiger partial charge in [0.05, 0.1) is 6.10 Å². The average Bonchev–Trinajstić information content (AvgIpc) is 2.70. The molecule has 0 amide bonds. The third-order valence-electron chi connectivity index (χ3n) is 3.18. The molecule has 3 nitrogen and oxygen atoms in total. The van der Waals surface area contributed by atoms with Gasteiger partial charge in [0.2, 0.25) is 0 Å². The zero-order chi connectivity index (χ0) is 10.8. The zero-order valence-corrected chi connectivity index (χ0v) is 9.42. The smallest absolute Gasteiger partial charge is 0.105 e. The van der Waals surface area contributed by atoms with E-state index in [1.165, 1.54) is 5.56 Å². The van der Waals surface area contributed by atoms with Crippen LogP contribution >= 0.6 is 0 Å². The van der Waals surface area contributed by atoms with Gasteiger partial charge in [0, 0.05) is 18.2 Å². The largest absolute Gasteiger partial charge is 0.466 e. The van der Waals surface area contributed by atoms with Crippen LogP contribution in [0.4, 0.5) is 0 Å². The van der Waals surface area contributed by atoms with Crippen LogP contribution < -0.4 is 5.32 Å². The van der Waals surface area contributed by atoms with Crippen molar-refractivity contribution in [2.24, 2.45) is 0 Å². The molecular weight excluding hydrogens is 190 g/mol. The molecular formula is C12H19NO2. The molecule has 0 spiro atoms. The molecule has 1 fully saturated rings. The Morgan fingerprint density at radius 3 is 2.80 bits per heavy atom. The minimum Gasteiger partial charge on any atom is -0.466 e. The first-order chi connectivity index (χ1) is 7.16. The summed E-state index contributed by atoms with van der Waals surface area (Å²) in [5.41, 5.74) is 1.20. The Morgan fingerprint density at radius 2 is 2.27 bits per heavy atom. The Morgan fingerprint density at radius 1 is 1.47 bits per heavy atom. The second-order valence-corrected chi connectivity index (χ2v) is 4.42. The number of furan rings is 1. The predicted molar refractivity (Wildman–Crippen MR) is 58.7 cm³/mol. The topological polar surface area (TPSA) is 45.4 Å². The van der Waals surface area contributed by atoms with Crippen molar-refractivity contribution in [3.8, 4) is 0 Å². The highest BCUT2D eigenvalue weighted by atomic mass is 16.3. The van der Waals surface area contributed by atoms with Gasteiger partial charge in [-0.3, -0.25) is 0 Å². The molecule has 0 saturated heterocycles. The summed E-state index contributed by atoms with van der Waals surface area (Å²) in [7, 11) is 0. The minimum atomic E-state index is -0.168. The van der Waals surface area contributed by atoms with E-state index in [1.807, 2.05) is 13.8 Å². The molecule has 15 heavy (non-hydrogen) atoms. The quantitative estimate of drug-likeness (QED) is 0.799. The van der Waals surface area contributed by atoms with Crippen molar-refractivity contribution in [3.63, 3.8) is 0 Å². The summed E-state index contributed by atoms with van der Waals surface area (Å²) in [6.45, 7) is 4.74. The van der Waals surface area contributed by atoms with E-state index in [-0.39, 0.29) is 12.1 Å². The first-order valence-corrected chi connectivity index (χ1v) is 5.64. The summed E-state index contributed by atoms with van der Waals surface area (Å²) in [4.78, 5) is 0. The van der Waals surface area contributed by atoms with E-state index < -0.39 is 0 Å². The van der Waals surface area contributed by atoms with Crippen LogP contribution in [0, 0.1) is 13.8 Å². The molecule has 0 bridgehead atoms. The highest BCUT2D eigenvalue weighted by molar-refractivity contribution is 5.19. The van der Waals surface area contributed by atoms with Crippen molar-refractivity contribution >= 4 is 0 Å². The van der Waals surface area contributed by atoms with Crippen molar-refractivity contribution in [1.82, 2.24) is 5.32 Å². The summed E-state index contributed by atoms with van der Waals surface area (Å²) >= 11 is 0. The minimum absolute atomic E-state index is 0.168. The van der Waals surface area contributed by atoms with Crippen molar-refractivity contribution in [2.45, 2.75) is 51.8 Å². The number of nitrogens with one attached hydrogen (secondary N) is 1. The third-order valence-corrected chi connectivity index (χ3v) is 3.18. The van der Waals surface area contributed by atoms with Crippen molar-refractivity contribution in [2.75, 3.05) is 0 Å². The average molecular weight is 209 g/mol. The van der Waals surface area contributed by atoms with Gasteiger partial charge in [-0.15, -0.1) is 0 Å². The van der Waals surface area contributed by atoms with Crippen LogP contribution in [0.15, 0.2) is 10.5 Å². The molecule has 1 aromatic rings. The van der Waals surface area contributed by atoms with Gasteiger partial charge in [0.25, 0.3) is 0 Å². The number of rotatable bonds is 3. The van der Waals surface area contributed by atoms with E-state index in [0.29, 0.717) is 0 Å². The fourth-order valence-corrected chi connectivity index (χ4v) is 2.28. The van der Waals surface area contributed by atoms with Gasteiger partial charge in [0.1, 0.15) is 11.5 Å². The molecule has 1 aliphatic carbocycles. The molecule has 0 aliphatic heterocycles. The van der Waals surface area contributed by atoms with Crippen LogP contribution in [0.2, 0.25) is 0 Å². The standard InChI is InChI=1S/C12H19NO2/c1-8-6-10(9(2)15-8)7-13-11-4-3-5-12(11)14/h6,11-14H,3-5,7H2,1-2H3. The number of aliphatic hydroxyl groups is 1. The lowest BCUT2D eigenvalue weighted by atomic mass is 10.2. The maximum atomic E-state index is 9.66. The summed E-state index contributed by atoms with van der Waals surface area (Å²) in [6, 6.07) is 2.32. The van der Waals surface area contributed by atoms with Gasteiger partial charge in [-0.05, 0) is 39.2 Å². The maximum Gasteiger partial charge on any atom is 0.105 e. The molecule has 2 N–H and O–H groups in total. The molecule has 0 radical (unpaired) electrons. The first kappa shape index (κ1) is 10.7. The summed E-state index contributed by atoms with van der Waals surface area (Å²) < 4.78 is 5.45. The number of aryl methyl sites for hydroxylation is 2. The molecule has 3 heteroatoms. The molecule has 2 unspecified atom stereocenters. The molecule has 2 atom stereocenters. The molecule has 1 aromatic heterocycles. The molecule has 1 aliphatic rings. The Kier molecular flexibility index (Phi) is 3.12. The van der Waals surface area contributed by atoms with E-state index in [1.54, 1.807) is 0 Å². The molecule has 84 valence electrons. The van der Waals surface area contributed by atoms with Gasteiger partial charge >= 0.3 is 0 Å². The SMILES string of the molecule is Cc1cc(CNC2CCCC2O)c(C)o1. The van der Waals surface area contributed by atoms with Crippen LogP contribution in [-0.4, -0.2) is 17.3 Å². The van der Waals surface area contributed by atoms with E-state index in [2.05, 4.69) is 11.4 Å². The molecule has 0 aromatic carbocycles. The molecule has 1 heterocycles. The van der Waals surface area contributed by atoms with Crippen molar-refractivity contribution in [3.05, 3.63) is 23.2 Å².